The van der Waals surface area contributed by atoms with Gasteiger partial charge in [0.1, 0.15) is 5.75 Å². The summed E-state index contributed by atoms with van der Waals surface area (Å²) in [5, 5.41) is 5.90. The van der Waals surface area contributed by atoms with Gasteiger partial charge in [-0.2, -0.15) is 0 Å². The van der Waals surface area contributed by atoms with Gasteiger partial charge in [-0.05, 0) is 42.7 Å². The zero-order valence-corrected chi connectivity index (χ0v) is 16.0. The number of amides is 1. The first-order valence-corrected chi connectivity index (χ1v) is 9.44. The molecule has 0 atom stereocenters. The molecular weight excluding hydrogens is 344 g/mol. The third-order valence-electron chi connectivity index (χ3n) is 3.98. The topological polar surface area (TPSA) is 51.2 Å². The van der Waals surface area contributed by atoms with E-state index in [9.17, 15) is 4.79 Å². The molecule has 0 saturated carbocycles. The Morgan fingerprint density at radius 2 is 1.96 bits per heavy atom. The average Bonchev–Trinajstić information content (AvgIpc) is 3.07. The highest BCUT2D eigenvalue weighted by atomic mass is 32.1. The van der Waals surface area contributed by atoms with Crippen LogP contribution in [0, 0.1) is 6.92 Å². The summed E-state index contributed by atoms with van der Waals surface area (Å²) >= 11 is 1.61. The van der Waals surface area contributed by atoms with E-state index in [0.717, 1.165) is 22.0 Å². The highest BCUT2D eigenvalue weighted by Crippen LogP contribution is 2.24. The predicted octanol–water partition coefficient (Wildman–Crippen LogP) is 5.26. The standard InChI is InChI=1S/C21H22N2O2S/c1-14(2)16-7-9-19(10-8-16)25-12-21(24)23-18-6-4-5-17(11-18)20-13-26-15(3)22-20/h4-11,13-14H,12H2,1-3H3,(H,23,24). The van der Waals surface area contributed by atoms with E-state index in [1.54, 1.807) is 11.3 Å². The number of nitrogens with one attached hydrogen (secondary N) is 1. The number of carbonyl (C=O) groups excluding carboxylic acids is 1. The summed E-state index contributed by atoms with van der Waals surface area (Å²) < 4.78 is 5.57. The molecule has 1 aromatic heterocycles. The van der Waals surface area contributed by atoms with E-state index in [4.69, 9.17) is 4.74 Å². The fraction of sp³-hybridized carbons (Fsp3) is 0.238. The van der Waals surface area contributed by atoms with Crippen LogP contribution in [0.1, 0.15) is 30.3 Å². The lowest BCUT2D eigenvalue weighted by Gasteiger charge is -2.10. The van der Waals surface area contributed by atoms with Crippen molar-refractivity contribution in [2.75, 3.05) is 11.9 Å². The summed E-state index contributed by atoms with van der Waals surface area (Å²) in [6, 6.07) is 15.5. The summed E-state index contributed by atoms with van der Waals surface area (Å²) in [5.41, 5.74) is 3.88. The maximum absolute atomic E-state index is 12.2. The predicted molar refractivity (Wildman–Crippen MR) is 107 cm³/mol. The molecule has 5 heteroatoms. The van der Waals surface area contributed by atoms with Crippen molar-refractivity contribution in [2.24, 2.45) is 0 Å². The van der Waals surface area contributed by atoms with Crippen LogP contribution in [0.2, 0.25) is 0 Å². The number of carbonyl (C=O) groups is 1. The summed E-state index contributed by atoms with van der Waals surface area (Å²) in [5.74, 6) is 0.974. The van der Waals surface area contributed by atoms with Gasteiger partial charge in [-0.25, -0.2) is 4.98 Å². The van der Waals surface area contributed by atoms with Crippen LogP contribution in [-0.2, 0) is 4.79 Å². The van der Waals surface area contributed by atoms with Gasteiger partial charge in [0.25, 0.3) is 5.91 Å². The Kier molecular flexibility index (Phi) is 5.68. The van der Waals surface area contributed by atoms with E-state index in [-0.39, 0.29) is 12.5 Å². The first kappa shape index (κ1) is 18.1. The van der Waals surface area contributed by atoms with E-state index in [2.05, 4.69) is 24.1 Å². The number of aromatic nitrogens is 1. The van der Waals surface area contributed by atoms with Crippen LogP contribution in [0.4, 0.5) is 5.69 Å². The van der Waals surface area contributed by atoms with E-state index in [1.165, 1.54) is 5.56 Å². The Hall–Kier alpha value is -2.66. The van der Waals surface area contributed by atoms with Crippen molar-refractivity contribution in [3.05, 3.63) is 64.5 Å². The molecule has 1 N–H and O–H groups in total. The third kappa shape index (κ3) is 4.70. The number of aryl methyl sites for hydroxylation is 1. The van der Waals surface area contributed by atoms with Gasteiger partial charge in [-0.15, -0.1) is 11.3 Å². The smallest absolute Gasteiger partial charge is 0.262 e. The number of ether oxygens (including phenoxy) is 1. The zero-order valence-electron chi connectivity index (χ0n) is 15.2. The molecule has 2 aromatic carbocycles. The van der Waals surface area contributed by atoms with Crippen molar-refractivity contribution < 1.29 is 9.53 Å². The lowest BCUT2D eigenvalue weighted by Crippen LogP contribution is -2.20. The Morgan fingerprint density at radius 3 is 2.62 bits per heavy atom. The van der Waals surface area contributed by atoms with Crippen molar-refractivity contribution in [1.82, 2.24) is 4.98 Å². The van der Waals surface area contributed by atoms with Crippen LogP contribution in [-0.4, -0.2) is 17.5 Å². The molecule has 3 aromatic rings. The summed E-state index contributed by atoms with van der Waals surface area (Å²) in [7, 11) is 0. The molecule has 1 heterocycles. The lowest BCUT2D eigenvalue weighted by atomic mass is 10.0. The maximum Gasteiger partial charge on any atom is 0.262 e. The number of rotatable bonds is 6. The fourth-order valence-corrected chi connectivity index (χ4v) is 3.17. The Balaban J connectivity index is 1.58. The van der Waals surface area contributed by atoms with Gasteiger partial charge in [0.05, 0.1) is 10.7 Å². The molecule has 0 aliphatic carbocycles. The van der Waals surface area contributed by atoms with Crippen LogP contribution < -0.4 is 10.1 Å². The molecule has 0 unspecified atom stereocenters. The van der Waals surface area contributed by atoms with Gasteiger partial charge in [0.15, 0.2) is 6.61 Å². The average molecular weight is 366 g/mol. The lowest BCUT2D eigenvalue weighted by molar-refractivity contribution is -0.118. The number of nitrogens with zero attached hydrogens (tertiary/aromatic N) is 1. The minimum absolute atomic E-state index is 0.0267. The molecule has 0 saturated heterocycles. The SMILES string of the molecule is Cc1nc(-c2cccc(NC(=O)COc3ccc(C(C)C)cc3)c2)cs1. The second-order valence-electron chi connectivity index (χ2n) is 6.39. The molecule has 3 rings (SSSR count). The molecule has 0 aliphatic heterocycles. The van der Waals surface area contributed by atoms with Crippen LogP contribution in [0.3, 0.4) is 0 Å². The first-order chi connectivity index (χ1) is 12.5. The normalized spacial score (nSPS) is 10.8. The van der Waals surface area contributed by atoms with Crippen LogP contribution >= 0.6 is 11.3 Å². The second-order valence-corrected chi connectivity index (χ2v) is 7.46. The van der Waals surface area contributed by atoms with Crippen LogP contribution in [0.15, 0.2) is 53.9 Å². The van der Waals surface area contributed by atoms with E-state index in [0.29, 0.717) is 11.7 Å². The largest absolute Gasteiger partial charge is 0.484 e. The molecule has 4 nitrogen and oxygen atoms in total. The molecule has 26 heavy (non-hydrogen) atoms. The van der Waals surface area contributed by atoms with E-state index >= 15 is 0 Å². The number of hydrogen-bond acceptors (Lipinski definition) is 4. The molecular formula is C21H22N2O2S. The number of hydrogen-bond donors (Lipinski definition) is 1. The molecule has 0 fully saturated rings. The third-order valence-corrected chi connectivity index (χ3v) is 4.75. The van der Waals surface area contributed by atoms with Gasteiger partial charge < -0.3 is 10.1 Å². The van der Waals surface area contributed by atoms with Gasteiger partial charge >= 0.3 is 0 Å². The number of anilines is 1. The summed E-state index contributed by atoms with van der Waals surface area (Å²) in [6.07, 6.45) is 0. The minimum atomic E-state index is -0.190. The minimum Gasteiger partial charge on any atom is -0.484 e. The molecule has 0 bridgehead atoms. The van der Waals surface area contributed by atoms with Crippen LogP contribution in [0.25, 0.3) is 11.3 Å². The highest BCUT2D eigenvalue weighted by molar-refractivity contribution is 7.09. The second kappa shape index (κ2) is 8.15. The van der Waals surface area contributed by atoms with Gasteiger partial charge in [-0.1, -0.05) is 38.1 Å². The molecule has 0 aliphatic rings. The molecule has 134 valence electrons. The van der Waals surface area contributed by atoms with Gasteiger partial charge in [-0.3, -0.25) is 4.79 Å². The molecule has 1 amide bonds. The number of benzene rings is 2. The molecule has 0 spiro atoms. The van der Waals surface area contributed by atoms with Gasteiger partial charge in [0.2, 0.25) is 0 Å². The quantitative estimate of drug-likeness (QED) is 0.647. The number of thiazole rings is 1. The fourth-order valence-electron chi connectivity index (χ4n) is 2.55. The van der Waals surface area contributed by atoms with Gasteiger partial charge in [0, 0.05) is 16.6 Å². The van der Waals surface area contributed by atoms with E-state index in [1.807, 2.05) is 60.8 Å². The van der Waals surface area contributed by atoms with Crippen molar-refractivity contribution in [3.63, 3.8) is 0 Å². The summed E-state index contributed by atoms with van der Waals surface area (Å²) in [4.78, 5) is 16.6. The Morgan fingerprint density at radius 1 is 1.19 bits per heavy atom. The monoisotopic (exact) mass is 366 g/mol. The van der Waals surface area contributed by atoms with Crippen molar-refractivity contribution in [3.8, 4) is 17.0 Å². The Bertz CT molecular complexity index is 885. The Labute approximate surface area is 157 Å². The van der Waals surface area contributed by atoms with E-state index < -0.39 is 0 Å². The maximum atomic E-state index is 12.2. The first-order valence-electron chi connectivity index (χ1n) is 8.56. The van der Waals surface area contributed by atoms with Crippen molar-refractivity contribution >= 4 is 22.9 Å². The van der Waals surface area contributed by atoms with Crippen LogP contribution in [0.5, 0.6) is 5.75 Å². The van der Waals surface area contributed by atoms with Crippen molar-refractivity contribution in [1.29, 1.82) is 0 Å². The summed E-state index contributed by atoms with van der Waals surface area (Å²) in [6.45, 7) is 6.24. The van der Waals surface area contributed by atoms with Crippen molar-refractivity contribution in [2.45, 2.75) is 26.7 Å². The highest BCUT2D eigenvalue weighted by Gasteiger charge is 2.07. The zero-order chi connectivity index (χ0) is 18.5. The molecule has 0 radical (unpaired) electrons.